The molecule has 0 unspecified atom stereocenters. The quantitative estimate of drug-likeness (QED) is 0.168. The van der Waals surface area contributed by atoms with Crippen LogP contribution in [-0.2, 0) is 0 Å². The highest BCUT2D eigenvalue weighted by atomic mass is 28.3. The molecule has 0 aliphatic carbocycles. The Morgan fingerprint density at radius 3 is 1.58 bits per heavy atom. The number of fused-ring (bicyclic) bond motifs is 5. The highest BCUT2D eigenvalue weighted by Gasteiger charge is 2.38. The van der Waals surface area contributed by atoms with Gasteiger partial charge in [-0.15, -0.1) is 0 Å². The Morgan fingerprint density at radius 1 is 0.302 bits per heavy atom. The first-order valence-corrected chi connectivity index (χ1v) is 21.2. The van der Waals surface area contributed by atoms with Crippen LogP contribution in [0.15, 0.2) is 176 Å². The molecule has 0 bridgehead atoms. The Kier molecular flexibility index (Phi) is 7.27. The van der Waals surface area contributed by atoms with Gasteiger partial charge in [0.1, 0.15) is 8.07 Å². The first-order valence-electron chi connectivity index (χ1n) is 18.2. The molecule has 4 heteroatoms. The zero-order valence-electron chi connectivity index (χ0n) is 29.6. The largest absolute Gasteiger partial charge is 0.208 e. The van der Waals surface area contributed by atoms with E-state index in [0.29, 0.717) is 17.5 Å². The fraction of sp³-hybridized carbons (Fsp3) is 0.0408. The molecular formula is C49H35N3Si. The fourth-order valence-corrected chi connectivity index (χ4v) is 11.1. The second-order valence-electron chi connectivity index (χ2n) is 14.5. The minimum Gasteiger partial charge on any atom is -0.208 e. The number of rotatable bonds is 5. The van der Waals surface area contributed by atoms with E-state index in [1.54, 1.807) is 0 Å². The van der Waals surface area contributed by atoms with Crippen molar-refractivity contribution < 1.29 is 0 Å². The third-order valence-corrected chi connectivity index (χ3v) is 14.5. The number of benzene rings is 8. The molecule has 0 radical (unpaired) electrons. The molecule has 1 aromatic heterocycles. The van der Waals surface area contributed by atoms with Crippen LogP contribution >= 0.6 is 0 Å². The zero-order chi connectivity index (χ0) is 35.5. The molecule has 0 saturated heterocycles. The van der Waals surface area contributed by atoms with Gasteiger partial charge in [-0.1, -0.05) is 171 Å². The summed E-state index contributed by atoms with van der Waals surface area (Å²) in [6.45, 7) is 4.93. The van der Waals surface area contributed by atoms with E-state index in [1.807, 2.05) is 6.07 Å². The third-order valence-electron chi connectivity index (χ3n) is 10.9. The molecule has 53 heavy (non-hydrogen) atoms. The molecule has 0 saturated carbocycles. The van der Waals surface area contributed by atoms with Crippen molar-refractivity contribution in [2.75, 3.05) is 0 Å². The third kappa shape index (κ3) is 5.38. The van der Waals surface area contributed by atoms with Crippen LogP contribution in [0.2, 0.25) is 13.1 Å². The second kappa shape index (κ2) is 12.3. The predicted octanol–water partition coefficient (Wildman–Crippen LogP) is 11.3. The smallest absolute Gasteiger partial charge is 0.164 e. The Bertz CT molecular complexity index is 2860. The molecule has 1 aliphatic heterocycles. The zero-order valence-corrected chi connectivity index (χ0v) is 30.6. The normalized spacial score (nSPS) is 12.9. The van der Waals surface area contributed by atoms with Gasteiger partial charge in [-0.25, -0.2) is 15.0 Å². The maximum absolute atomic E-state index is 5.24. The SMILES string of the molecule is C[Si]1(C)c2ccc(-c3nc(-c4ccc(-c5ccc6ccccc6c5)cc4)nc(-c4ccccc4-c4ccccc4)n3)cc2-c2cc3ccccc3cc21. The molecule has 3 nitrogen and oxygen atoms in total. The Balaban J connectivity index is 1.13. The van der Waals surface area contributed by atoms with Gasteiger partial charge in [0, 0.05) is 16.7 Å². The van der Waals surface area contributed by atoms with Gasteiger partial charge in [-0.3, -0.25) is 0 Å². The van der Waals surface area contributed by atoms with Crippen molar-refractivity contribution in [2.24, 2.45) is 0 Å². The Labute approximate surface area is 310 Å². The summed E-state index contributed by atoms with van der Waals surface area (Å²) >= 11 is 0. The first-order chi connectivity index (χ1) is 26.0. The molecule has 0 fully saturated rings. The van der Waals surface area contributed by atoms with Crippen LogP contribution in [0.1, 0.15) is 0 Å². The van der Waals surface area contributed by atoms with E-state index in [1.165, 1.54) is 48.6 Å². The molecular weight excluding hydrogens is 659 g/mol. The van der Waals surface area contributed by atoms with Gasteiger partial charge in [0.2, 0.25) is 0 Å². The topological polar surface area (TPSA) is 38.7 Å². The van der Waals surface area contributed by atoms with Crippen molar-refractivity contribution in [2.45, 2.75) is 13.1 Å². The van der Waals surface area contributed by atoms with Crippen molar-refractivity contribution in [3.63, 3.8) is 0 Å². The van der Waals surface area contributed by atoms with Crippen LogP contribution in [-0.4, -0.2) is 23.0 Å². The number of hydrogen-bond acceptors (Lipinski definition) is 3. The van der Waals surface area contributed by atoms with Crippen LogP contribution in [0.5, 0.6) is 0 Å². The van der Waals surface area contributed by atoms with E-state index in [9.17, 15) is 0 Å². The average Bonchev–Trinajstić information content (AvgIpc) is 3.44. The van der Waals surface area contributed by atoms with Crippen LogP contribution < -0.4 is 10.4 Å². The van der Waals surface area contributed by atoms with Crippen LogP contribution in [0.4, 0.5) is 0 Å². The summed E-state index contributed by atoms with van der Waals surface area (Å²) < 4.78 is 0. The highest BCUT2D eigenvalue weighted by molar-refractivity contribution is 7.04. The average molecular weight is 694 g/mol. The second-order valence-corrected chi connectivity index (χ2v) is 18.8. The fourth-order valence-electron chi connectivity index (χ4n) is 8.06. The first kappa shape index (κ1) is 31.3. The Hall–Kier alpha value is -6.49. The van der Waals surface area contributed by atoms with E-state index in [4.69, 9.17) is 15.0 Å². The van der Waals surface area contributed by atoms with Crippen molar-refractivity contribution in [1.29, 1.82) is 0 Å². The summed E-state index contributed by atoms with van der Waals surface area (Å²) in [5.41, 5.74) is 10.1. The molecule has 250 valence electrons. The van der Waals surface area contributed by atoms with Gasteiger partial charge in [0.05, 0.1) is 0 Å². The van der Waals surface area contributed by atoms with E-state index in [-0.39, 0.29) is 0 Å². The molecule has 0 amide bonds. The minimum atomic E-state index is -1.90. The molecule has 9 aromatic rings. The van der Waals surface area contributed by atoms with E-state index in [0.717, 1.165) is 33.4 Å². The van der Waals surface area contributed by atoms with Gasteiger partial charge < -0.3 is 0 Å². The van der Waals surface area contributed by atoms with Crippen molar-refractivity contribution >= 4 is 40.0 Å². The van der Waals surface area contributed by atoms with E-state index in [2.05, 4.69) is 183 Å². The van der Waals surface area contributed by atoms with Crippen LogP contribution in [0, 0.1) is 0 Å². The number of aromatic nitrogens is 3. The lowest BCUT2D eigenvalue weighted by Crippen LogP contribution is -2.49. The highest BCUT2D eigenvalue weighted by Crippen LogP contribution is 2.36. The lowest BCUT2D eigenvalue weighted by Gasteiger charge is -2.19. The number of hydrogen-bond donors (Lipinski definition) is 0. The van der Waals surface area contributed by atoms with Crippen molar-refractivity contribution in [3.05, 3.63) is 176 Å². The molecule has 2 heterocycles. The molecule has 0 spiro atoms. The summed E-state index contributed by atoms with van der Waals surface area (Å²) in [7, 11) is -1.90. The van der Waals surface area contributed by atoms with Gasteiger partial charge in [-0.05, 0) is 83.5 Å². The van der Waals surface area contributed by atoms with Gasteiger partial charge in [0.25, 0.3) is 0 Å². The van der Waals surface area contributed by atoms with Gasteiger partial charge in [-0.2, -0.15) is 0 Å². The molecule has 8 aromatic carbocycles. The lowest BCUT2D eigenvalue weighted by atomic mass is 9.98. The van der Waals surface area contributed by atoms with Gasteiger partial charge >= 0.3 is 0 Å². The standard InChI is InChI=1S/C49H35N3Si/c1-53(2)45-27-26-40(30-43(45)44-29-37-16-8-9-17-38(37)31-46(44)53)48-50-47(51-49(52-48)42-19-11-10-18-41(42)34-13-4-3-5-14-34)35-23-20-33(21-24-35)39-25-22-32-12-6-7-15-36(32)28-39/h3-31H,1-2H3. The number of nitrogens with zero attached hydrogens (tertiary/aromatic N) is 3. The molecule has 10 rings (SSSR count). The van der Waals surface area contributed by atoms with Crippen LogP contribution in [0.25, 0.3) is 89.1 Å². The minimum absolute atomic E-state index is 0.652. The monoisotopic (exact) mass is 693 g/mol. The summed E-state index contributed by atoms with van der Waals surface area (Å²) in [6.07, 6.45) is 0. The Morgan fingerprint density at radius 2 is 0.830 bits per heavy atom. The van der Waals surface area contributed by atoms with Crippen molar-refractivity contribution in [3.8, 4) is 67.5 Å². The molecule has 0 N–H and O–H groups in total. The molecule has 1 aliphatic rings. The summed E-state index contributed by atoms with van der Waals surface area (Å²) in [6, 6.07) is 63.0. The summed E-state index contributed by atoms with van der Waals surface area (Å²) in [5.74, 6) is 1.98. The van der Waals surface area contributed by atoms with Crippen LogP contribution in [0.3, 0.4) is 0 Å². The van der Waals surface area contributed by atoms with Gasteiger partial charge in [0.15, 0.2) is 17.5 Å². The summed E-state index contributed by atoms with van der Waals surface area (Å²) in [5, 5.41) is 7.99. The van der Waals surface area contributed by atoms with E-state index >= 15 is 0 Å². The molecule has 0 atom stereocenters. The lowest BCUT2D eigenvalue weighted by molar-refractivity contribution is 1.07. The predicted molar refractivity (Wildman–Crippen MR) is 224 cm³/mol. The summed E-state index contributed by atoms with van der Waals surface area (Å²) in [4.78, 5) is 15.6. The van der Waals surface area contributed by atoms with Crippen molar-refractivity contribution in [1.82, 2.24) is 15.0 Å². The maximum atomic E-state index is 5.24. The van der Waals surface area contributed by atoms with E-state index < -0.39 is 8.07 Å². The maximum Gasteiger partial charge on any atom is 0.164 e.